The van der Waals surface area contributed by atoms with E-state index in [9.17, 15) is 19.2 Å². The van der Waals surface area contributed by atoms with E-state index in [4.69, 9.17) is 19.3 Å². The summed E-state index contributed by atoms with van der Waals surface area (Å²) in [5.41, 5.74) is 0. The highest BCUT2D eigenvalue weighted by Crippen LogP contribution is 2.23. The molecule has 0 aromatic rings. The van der Waals surface area contributed by atoms with Crippen LogP contribution in [0.1, 0.15) is 259 Å². The fourth-order valence-corrected chi connectivity index (χ4v) is 7.69. The third-order valence-corrected chi connectivity index (χ3v) is 11.5. The molecule has 0 amide bonds. The second-order valence-electron chi connectivity index (χ2n) is 17.0. The van der Waals surface area contributed by atoms with Crippen LogP contribution in [-0.4, -0.2) is 48.3 Å². The second-order valence-corrected chi connectivity index (χ2v) is 17.0. The molecule has 0 aromatic heterocycles. The van der Waals surface area contributed by atoms with Crippen LogP contribution in [0.5, 0.6) is 0 Å². The van der Waals surface area contributed by atoms with Crippen LogP contribution in [0.4, 0.5) is 0 Å². The fourth-order valence-electron chi connectivity index (χ4n) is 7.69. The Hall–Kier alpha value is -2.12. The van der Waals surface area contributed by atoms with E-state index in [1.54, 1.807) is 0 Å². The predicted octanol–water partition coefficient (Wildman–Crippen LogP) is 14.4. The number of ether oxygens (including phenoxy) is 3. The Kier molecular flexibility index (Phi) is 40.5. The zero-order chi connectivity index (χ0) is 42.0. The van der Waals surface area contributed by atoms with E-state index in [0.717, 1.165) is 116 Å². The summed E-state index contributed by atoms with van der Waals surface area (Å²) in [6.07, 6.45) is 36.1. The van der Waals surface area contributed by atoms with E-state index in [-0.39, 0.29) is 42.7 Å². The summed E-state index contributed by atoms with van der Waals surface area (Å²) in [7, 11) is 0. The smallest absolute Gasteiger partial charge is 0.308 e. The van der Waals surface area contributed by atoms with Crippen LogP contribution in [0.2, 0.25) is 0 Å². The van der Waals surface area contributed by atoms with Crippen LogP contribution >= 0.6 is 0 Å². The molecule has 0 aromatic carbocycles. The maximum absolute atomic E-state index is 13.0. The normalized spacial score (nSPS) is 12.9. The van der Waals surface area contributed by atoms with Gasteiger partial charge in [-0.15, -0.1) is 0 Å². The first kappa shape index (κ1) is 54.9. The lowest BCUT2D eigenvalue weighted by Gasteiger charge is -2.18. The number of aliphatic carboxylic acids is 1. The summed E-state index contributed by atoms with van der Waals surface area (Å²) in [5, 5.41) is 9.01. The van der Waals surface area contributed by atoms with Gasteiger partial charge in [0.15, 0.2) is 0 Å². The molecule has 0 heterocycles. The van der Waals surface area contributed by atoms with Crippen molar-refractivity contribution < 1.29 is 38.5 Å². The van der Waals surface area contributed by atoms with Crippen molar-refractivity contribution in [1.82, 2.24) is 0 Å². The molecule has 336 valence electrons. The lowest BCUT2D eigenvalue weighted by atomic mass is 9.94. The van der Waals surface area contributed by atoms with Gasteiger partial charge in [0.2, 0.25) is 0 Å². The quantitative estimate of drug-likeness (QED) is 0.0367. The Labute approximate surface area is 351 Å². The van der Waals surface area contributed by atoms with Gasteiger partial charge in [0, 0.05) is 0 Å². The van der Waals surface area contributed by atoms with Gasteiger partial charge < -0.3 is 19.3 Å². The van der Waals surface area contributed by atoms with Crippen molar-refractivity contribution in [3.63, 3.8) is 0 Å². The summed E-state index contributed by atoms with van der Waals surface area (Å²) < 4.78 is 17.3. The molecule has 2 unspecified atom stereocenters. The Morgan fingerprint density at radius 2 is 0.684 bits per heavy atom. The van der Waals surface area contributed by atoms with Gasteiger partial charge in [0.05, 0.1) is 37.9 Å². The average Bonchev–Trinajstić information content (AvgIpc) is 3.20. The lowest BCUT2D eigenvalue weighted by Crippen LogP contribution is -2.19. The molecule has 8 nitrogen and oxygen atoms in total. The van der Waals surface area contributed by atoms with Gasteiger partial charge in [-0.2, -0.15) is 0 Å². The van der Waals surface area contributed by atoms with E-state index in [2.05, 4.69) is 27.7 Å². The van der Waals surface area contributed by atoms with Crippen molar-refractivity contribution in [3.8, 4) is 0 Å². The van der Waals surface area contributed by atoms with Crippen molar-refractivity contribution in [3.05, 3.63) is 0 Å². The highest BCUT2D eigenvalue weighted by molar-refractivity contribution is 5.76. The third kappa shape index (κ3) is 36.7. The summed E-state index contributed by atoms with van der Waals surface area (Å²) >= 11 is 0. The largest absolute Gasteiger partial charge is 0.481 e. The summed E-state index contributed by atoms with van der Waals surface area (Å²) in [5.74, 6) is -1.43. The Morgan fingerprint density at radius 1 is 0.386 bits per heavy atom. The minimum Gasteiger partial charge on any atom is -0.481 e. The molecule has 0 rings (SSSR count). The molecule has 2 atom stereocenters. The molecule has 0 aliphatic carbocycles. The molecule has 0 saturated heterocycles. The molecule has 57 heavy (non-hydrogen) atoms. The first-order valence-electron chi connectivity index (χ1n) is 24.5. The predicted molar refractivity (Wildman–Crippen MR) is 235 cm³/mol. The molecule has 0 radical (unpaired) electrons. The third-order valence-electron chi connectivity index (χ3n) is 11.5. The number of hydrogen-bond donors (Lipinski definition) is 1. The number of carboxylic acids is 1. The minimum absolute atomic E-state index is 0.0166. The van der Waals surface area contributed by atoms with Crippen LogP contribution in [0.25, 0.3) is 0 Å². The second kappa shape index (κ2) is 42.0. The van der Waals surface area contributed by atoms with E-state index in [0.29, 0.717) is 13.2 Å². The molecule has 1 N–H and O–H groups in total. The topological polar surface area (TPSA) is 116 Å². The molecule has 0 aliphatic heterocycles. The van der Waals surface area contributed by atoms with Gasteiger partial charge in [-0.25, -0.2) is 0 Å². The maximum Gasteiger partial charge on any atom is 0.308 e. The molecule has 0 aliphatic rings. The van der Waals surface area contributed by atoms with E-state index in [1.807, 2.05) is 0 Å². The highest BCUT2D eigenvalue weighted by atomic mass is 16.5. The number of hydrogen-bond acceptors (Lipinski definition) is 7. The molecule has 0 fully saturated rings. The van der Waals surface area contributed by atoms with E-state index in [1.165, 1.54) is 103 Å². The van der Waals surface area contributed by atoms with Crippen LogP contribution < -0.4 is 0 Å². The van der Waals surface area contributed by atoms with Gasteiger partial charge in [0.25, 0.3) is 0 Å². The van der Waals surface area contributed by atoms with Crippen molar-refractivity contribution in [1.29, 1.82) is 0 Å². The minimum atomic E-state index is -1.000. The molecule has 8 heteroatoms. The first-order valence-corrected chi connectivity index (χ1v) is 24.5. The number of rotatable bonds is 44. The van der Waals surface area contributed by atoms with Gasteiger partial charge >= 0.3 is 23.9 Å². The maximum atomic E-state index is 13.0. The average molecular weight is 809 g/mol. The SMILES string of the molecule is CCCCCCCCC(CCCCCC)C(=O)OCCCCCCC(CCCCCCOC(=O)C(CCCCCC)CCCCCCCC)OC(=O)CCC(=O)O. The molecule has 0 bridgehead atoms. The zero-order valence-corrected chi connectivity index (χ0v) is 37.9. The van der Waals surface area contributed by atoms with Crippen molar-refractivity contribution in [2.75, 3.05) is 13.2 Å². The number of carbonyl (C=O) groups is 4. The number of esters is 3. The van der Waals surface area contributed by atoms with Crippen LogP contribution in [0.3, 0.4) is 0 Å². The Morgan fingerprint density at radius 3 is 1.04 bits per heavy atom. The highest BCUT2D eigenvalue weighted by Gasteiger charge is 2.21. The van der Waals surface area contributed by atoms with Crippen molar-refractivity contribution in [2.24, 2.45) is 11.8 Å². The standard InChI is InChI=1S/C49H92O8/c1-5-9-13-17-19-27-35-43(33-25-15-11-7-3)48(53)55-41-31-23-21-29-37-45(57-47(52)40-39-46(50)51)38-30-22-24-32-42-56-49(54)44(34-26-16-12-8-4)36-28-20-18-14-10-6-2/h43-45H,5-42H2,1-4H3,(H,50,51). The van der Waals surface area contributed by atoms with Crippen LogP contribution in [-0.2, 0) is 33.4 Å². The van der Waals surface area contributed by atoms with E-state index < -0.39 is 11.9 Å². The summed E-state index contributed by atoms with van der Waals surface area (Å²) in [6.45, 7) is 9.82. The number of carboxylic acid groups (broad SMARTS) is 1. The van der Waals surface area contributed by atoms with Crippen LogP contribution in [0.15, 0.2) is 0 Å². The van der Waals surface area contributed by atoms with Gasteiger partial charge in [-0.3, -0.25) is 19.2 Å². The fraction of sp³-hybridized carbons (Fsp3) is 0.918. The molecule has 0 spiro atoms. The Balaban J connectivity index is 4.61. The zero-order valence-electron chi connectivity index (χ0n) is 37.9. The molecule has 0 saturated carbocycles. The number of carbonyl (C=O) groups excluding carboxylic acids is 3. The van der Waals surface area contributed by atoms with Gasteiger partial charge in [-0.05, 0) is 64.2 Å². The molecular formula is C49H92O8. The van der Waals surface area contributed by atoms with Gasteiger partial charge in [-0.1, -0.05) is 182 Å². The summed E-state index contributed by atoms with van der Waals surface area (Å²) in [4.78, 5) is 49.4. The first-order chi connectivity index (χ1) is 27.8. The van der Waals surface area contributed by atoms with Gasteiger partial charge in [0.1, 0.15) is 6.10 Å². The lowest BCUT2D eigenvalue weighted by molar-refractivity contribution is -0.152. The Bertz CT molecular complexity index is 878. The van der Waals surface area contributed by atoms with Crippen molar-refractivity contribution in [2.45, 2.75) is 265 Å². The summed E-state index contributed by atoms with van der Waals surface area (Å²) in [6, 6.07) is 0. The van der Waals surface area contributed by atoms with E-state index >= 15 is 0 Å². The monoisotopic (exact) mass is 809 g/mol. The van der Waals surface area contributed by atoms with Crippen LogP contribution in [0, 0.1) is 11.8 Å². The molecular weight excluding hydrogens is 717 g/mol. The number of unbranched alkanes of at least 4 members (excludes halogenated alkanes) is 22. The van der Waals surface area contributed by atoms with Crippen molar-refractivity contribution >= 4 is 23.9 Å².